The highest BCUT2D eigenvalue weighted by molar-refractivity contribution is 5.97. The molecule has 160 valence electrons. The van der Waals surface area contributed by atoms with Gasteiger partial charge < -0.3 is 15.5 Å². The third-order valence-corrected chi connectivity index (χ3v) is 4.83. The van der Waals surface area contributed by atoms with Gasteiger partial charge in [0.05, 0.1) is 0 Å². The van der Waals surface area contributed by atoms with Gasteiger partial charge in [-0.05, 0) is 47.7 Å². The van der Waals surface area contributed by atoms with E-state index < -0.39 is 6.04 Å². The highest BCUT2D eigenvalue weighted by Crippen LogP contribution is 2.22. The lowest BCUT2D eigenvalue weighted by Crippen LogP contribution is -2.44. The molecule has 2 aromatic carbocycles. The Kier molecular flexibility index (Phi) is 7.38. The molecule has 0 aliphatic rings. The SMILES string of the molecule is CC(NC(=O)c1ccc(C(C)(C)C)cc1)C(=O)NCc1ccc(C(=O)N(C)C)cc1. The smallest absolute Gasteiger partial charge is 0.253 e. The highest BCUT2D eigenvalue weighted by atomic mass is 16.2. The molecule has 1 unspecified atom stereocenters. The Labute approximate surface area is 178 Å². The molecule has 0 aliphatic heterocycles. The molecule has 2 rings (SSSR count). The van der Waals surface area contributed by atoms with Crippen LogP contribution in [0.2, 0.25) is 0 Å². The Bertz CT molecular complexity index is 895. The molecular formula is C24H31N3O3. The van der Waals surface area contributed by atoms with E-state index in [1.165, 1.54) is 4.90 Å². The zero-order valence-electron chi connectivity index (χ0n) is 18.6. The maximum absolute atomic E-state index is 12.4. The average molecular weight is 410 g/mol. The number of nitrogens with zero attached hydrogens (tertiary/aromatic N) is 1. The predicted molar refractivity (Wildman–Crippen MR) is 118 cm³/mol. The van der Waals surface area contributed by atoms with Crippen LogP contribution in [0.3, 0.4) is 0 Å². The maximum Gasteiger partial charge on any atom is 0.253 e. The lowest BCUT2D eigenvalue weighted by atomic mass is 9.86. The summed E-state index contributed by atoms with van der Waals surface area (Å²) >= 11 is 0. The molecule has 2 N–H and O–H groups in total. The topological polar surface area (TPSA) is 78.5 Å². The molecular weight excluding hydrogens is 378 g/mol. The Morgan fingerprint density at radius 1 is 0.900 bits per heavy atom. The second kappa shape index (κ2) is 9.57. The second-order valence-electron chi connectivity index (χ2n) is 8.64. The van der Waals surface area contributed by atoms with Crippen LogP contribution in [0.1, 0.15) is 59.5 Å². The van der Waals surface area contributed by atoms with E-state index in [9.17, 15) is 14.4 Å². The van der Waals surface area contributed by atoms with Crippen LogP contribution in [0, 0.1) is 0 Å². The van der Waals surface area contributed by atoms with Crippen LogP contribution in [-0.2, 0) is 16.8 Å². The van der Waals surface area contributed by atoms with E-state index in [2.05, 4.69) is 31.4 Å². The molecule has 0 saturated heterocycles. The molecule has 0 aromatic heterocycles. The van der Waals surface area contributed by atoms with Gasteiger partial charge in [-0.15, -0.1) is 0 Å². The summed E-state index contributed by atoms with van der Waals surface area (Å²) in [6.07, 6.45) is 0. The molecule has 3 amide bonds. The van der Waals surface area contributed by atoms with Gasteiger partial charge in [-0.25, -0.2) is 0 Å². The number of benzene rings is 2. The molecule has 2 aromatic rings. The number of hydrogen-bond donors (Lipinski definition) is 2. The zero-order valence-corrected chi connectivity index (χ0v) is 18.6. The summed E-state index contributed by atoms with van der Waals surface area (Å²) in [5.74, 6) is -0.634. The van der Waals surface area contributed by atoms with Crippen molar-refractivity contribution in [1.29, 1.82) is 0 Å². The van der Waals surface area contributed by atoms with Crippen molar-refractivity contribution in [2.75, 3.05) is 14.1 Å². The summed E-state index contributed by atoms with van der Waals surface area (Å²) in [4.78, 5) is 38.2. The third-order valence-electron chi connectivity index (χ3n) is 4.83. The van der Waals surface area contributed by atoms with Crippen molar-refractivity contribution < 1.29 is 14.4 Å². The molecule has 0 fully saturated rings. The van der Waals surface area contributed by atoms with Crippen molar-refractivity contribution in [1.82, 2.24) is 15.5 Å². The van der Waals surface area contributed by atoms with Gasteiger partial charge in [0.25, 0.3) is 11.8 Å². The minimum absolute atomic E-state index is 0.0140. The van der Waals surface area contributed by atoms with Gasteiger partial charge in [0.2, 0.25) is 5.91 Å². The molecule has 0 bridgehead atoms. The van der Waals surface area contributed by atoms with Gasteiger partial charge in [0.15, 0.2) is 0 Å². The van der Waals surface area contributed by atoms with E-state index in [1.54, 1.807) is 57.4 Å². The molecule has 0 aliphatic carbocycles. The minimum atomic E-state index is -0.672. The van der Waals surface area contributed by atoms with Crippen molar-refractivity contribution >= 4 is 17.7 Å². The molecule has 6 heteroatoms. The van der Waals surface area contributed by atoms with Crippen LogP contribution in [0.25, 0.3) is 0 Å². The van der Waals surface area contributed by atoms with E-state index >= 15 is 0 Å². The third kappa shape index (κ3) is 6.17. The summed E-state index contributed by atoms with van der Waals surface area (Å²) in [5.41, 5.74) is 3.13. The van der Waals surface area contributed by atoms with Crippen molar-refractivity contribution in [3.05, 3.63) is 70.8 Å². The summed E-state index contributed by atoms with van der Waals surface area (Å²) < 4.78 is 0. The minimum Gasteiger partial charge on any atom is -0.350 e. The van der Waals surface area contributed by atoms with Crippen LogP contribution in [-0.4, -0.2) is 42.8 Å². The number of rotatable bonds is 6. The van der Waals surface area contributed by atoms with Crippen LogP contribution >= 0.6 is 0 Å². The molecule has 0 saturated carbocycles. The number of nitrogens with one attached hydrogen (secondary N) is 2. The Morgan fingerprint density at radius 2 is 1.43 bits per heavy atom. The van der Waals surface area contributed by atoms with Crippen molar-refractivity contribution in [2.45, 2.75) is 45.7 Å². The van der Waals surface area contributed by atoms with E-state index in [1.807, 2.05) is 12.1 Å². The average Bonchev–Trinajstić information content (AvgIpc) is 2.71. The fourth-order valence-electron chi connectivity index (χ4n) is 2.83. The van der Waals surface area contributed by atoms with Crippen LogP contribution in [0.15, 0.2) is 48.5 Å². The molecule has 0 spiro atoms. The summed E-state index contributed by atoms with van der Waals surface area (Å²) in [5, 5.41) is 5.53. The summed E-state index contributed by atoms with van der Waals surface area (Å²) in [6.45, 7) is 8.30. The van der Waals surface area contributed by atoms with Gasteiger partial charge in [-0.3, -0.25) is 14.4 Å². The maximum atomic E-state index is 12.4. The molecule has 6 nitrogen and oxygen atoms in total. The van der Waals surface area contributed by atoms with Gasteiger partial charge in [0.1, 0.15) is 6.04 Å². The first-order valence-corrected chi connectivity index (χ1v) is 9.98. The van der Waals surface area contributed by atoms with E-state index in [4.69, 9.17) is 0 Å². The molecule has 1 atom stereocenters. The second-order valence-corrected chi connectivity index (χ2v) is 8.64. The quantitative estimate of drug-likeness (QED) is 0.769. The first-order valence-electron chi connectivity index (χ1n) is 9.98. The van der Waals surface area contributed by atoms with Gasteiger partial charge >= 0.3 is 0 Å². The standard InChI is InChI=1S/C24H31N3O3/c1-16(26-22(29)18-11-13-20(14-12-18)24(2,3)4)21(28)25-15-17-7-9-19(10-8-17)23(30)27(5)6/h7-14,16H,15H2,1-6H3,(H,25,28)(H,26,29). The monoisotopic (exact) mass is 409 g/mol. The van der Waals surface area contributed by atoms with Gasteiger partial charge in [-0.2, -0.15) is 0 Å². The van der Waals surface area contributed by atoms with E-state index in [0.29, 0.717) is 17.7 Å². The summed E-state index contributed by atoms with van der Waals surface area (Å²) in [7, 11) is 3.40. The number of carbonyl (C=O) groups is 3. The van der Waals surface area contributed by atoms with Gasteiger partial charge in [-0.1, -0.05) is 45.0 Å². The Hall–Kier alpha value is -3.15. The largest absolute Gasteiger partial charge is 0.350 e. The van der Waals surface area contributed by atoms with Crippen LogP contribution in [0.5, 0.6) is 0 Å². The van der Waals surface area contributed by atoms with Crippen LogP contribution in [0.4, 0.5) is 0 Å². The zero-order chi connectivity index (χ0) is 22.5. The lowest BCUT2D eigenvalue weighted by molar-refractivity contribution is -0.122. The summed E-state index contributed by atoms with van der Waals surface area (Å²) in [6, 6.07) is 13.8. The number of amides is 3. The normalized spacial score (nSPS) is 12.1. The van der Waals surface area contributed by atoms with Gasteiger partial charge in [0, 0.05) is 31.8 Å². The fourth-order valence-corrected chi connectivity index (χ4v) is 2.83. The number of carbonyl (C=O) groups excluding carboxylic acids is 3. The Balaban J connectivity index is 1.88. The predicted octanol–water partition coefficient (Wildman–Crippen LogP) is 3.12. The molecule has 0 heterocycles. The van der Waals surface area contributed by atoms with Crippen LogP contribution < -0.4 is 10.6 Å². The Morgan fingerprint density at radius 3 is 1.93 bits per heavy atom. The first kappa shape index (κ1) is 23.1. The molecule has 0 radical (unpaired) electrons. The van der Waals surface area contributed by atoms with Crippen molar-refractivity contribution in [2.24, 2.45) is 0 Å². The lowest BCUT2D eigenvalue weighted by Gasteiger charge is -2.19. The fraction of sp³-hybridized carbons (Fsp3) is 0.375. The van der Waals surface area contributed by atoms with Crippen molar-refractivity contribution in [3.8, 4) is 0 Å². The first-order chi connectivity index (χ1) is 14.0. The molecule has 30 heavy (non-hydrogen) atoms. The van der Waals surface area contributed by atoms with E-state index in [-0.39, 0.29) is 23.1 Å². The van der Waals surface area contributed by atoms with Crippen molar-refractivity contribution in [3.63, 3.8) is 0 Å². The van der Waals surface area contributed by atoms with E-state index in [0.717, 1.165) is 11.1 Å². The highest BCUT2D eigenvalue weighted by Gasteiger charge is 2.18. The number of hydrogen-bond acceptors (Lipinski definition) is 3.